The van der Waals surface area contributed by atoms with Crippen LogP contribution in [0.2, 0.25) is 0 Å². The molecule has 1 aliphatic rings. The highest BCUT2D eigenvalue weighted by Crippen LogP contribution is 2.29. The van der Waals surface area contributed by atoms with Gasteiger partial charge in [0, 0.05) is 38.4 Å². The second-order valence-electron chi connectivity index (χ2n) is 6.21. The molecule has 28 heavy (non-hydrogen) atoms. The van der Waals surface area contributed by atoms with Gasteiger partial charge in [-0.1, -0.05) is 0 Å². The van der Waals surface area contributed by atoms with Crippen LogP contribution in [0.3, 0.4) is 0 Å². The van der Waals surface area contributed by atoms with Crippen LogP contribution < -0.4 is 15.4 Å². The number of aliphatic imine (C=N–C) groups is 1. The number of pyridine rings is 1. The van der Waals surface area contributed by atoms with Gasteiger partial charge in [0.2, 0.25) is 5.88 Å². The Morgan fingerprint density at radius 2 is 2.04 bits per heavy atom. The lowest BCUT2D eigenvalue weighted by molar-refractivity contribution is -0.143. The van der Waals surface area contributed by atoms with Gasteiger partial charge in [0.15, 0.2) is 5.96 Å². The van der Waals surface area contributed by atoms with Crippen molar-refractivity contribution in [3.8, 4) is 5.88 Å². The third-order valence-corrected chi connectivity index (χ3v) is 3.95. The van der Waals surface area contributed by atoms with Gasteiger partial charge in [-0.25, -0.2) is 4.98 Å². The van der Waals surface area contributed by atoms with Crippen LogP contribution in [0.25, 0.3) is 0 Å². The van der Waals surface area contributed by atoms with Gasteiger partial charge < -0.3 is 15.4 Å². The fourth-order valence-electron chi connectivity index (χ4n) is 2.69. The third-order valence-electron chi connectivity index (χ3n) is 3.95. The van der Waals surface area contributed by atoms with E-state index >= 15 is 0 Å². The molecular weight excluding hydrogens is 392 g/mol. The zero-order valence-electron chi connectivity index (χ0n) is 15.1. The highest BCUT2D eigenvalue weighted by Gasteiger charge is 2.34. The minimum Gasteiger partial charge on any atom is -0.476 e. The largest absolute Gasteiger partial charge is 0.476 e. The van der Waals surface area contributed by atoms with Crippen LogP contribution >= 0.6 is 0 Å². The van der Waals surface area contributed by atoms with Crippen LogP contribution in [-0.4, -0.2) is 67.9 Å². The molecule has 1 aliphatic heterocycles. The summed E-state index contributed by atoms with van der Waals surface area (Å²) in [6.45, 7) is 0.0551. The Hall–Kier alpha value is -2.24. The molecule has 12 heteroatoms. The van der Waals surface area contributed by atoms with Gasteiger partial charge in [-0.2, -0.15) is 26.3 Å². The fraction of sp³-hybridized carbons (Fsp3) is 0.625. The van der Waals surface area contributed by atoms with Crippen LogP contribution in [0.1, 0.15) is 12.0 Å². The average Bonchev–Trinajstić information content (AvgIpc) is 3.02. The van der Waals surface area contributed by atoms with Crippen molar-refractivity contribution in [3.05, 3.63) is 23.9 Å². The van der Waals surface area contributed by atoms with E-state index in [1.165, 1.54) is 11.9 Å². The molecule has 0 spiro atoms. The number of guanidine groups is 1. The van der Waals surface area contributed by atoms with Gasteiger partial charge in [-0.15, -0.1) is 0 Å². The van der Waals surface area contributed by atoms with E-state index in [9.17, 15) is 26.3 Å². The maximum absolute atomic E-state index is 12.5. The number of aromatic nitrogens is 1. The minimum atomic E-state index is -4.46. The van der Waals surface area contributed by atoms with Crippen molar-refractivity contribution in [1.82, 2.24) is 20.5 Å². The number of likely N-dealkylation sites (tertiary alicyclic amines) is 1. The molecule has 1 unspecified atom stereocenters. The summed E-state index contributed by atoms with van der Waals surface area (Å²) in [4.78, 5) is 8.90. The van der Waals surface area contributed by atoms with E-state index < -0.39 is 24.5 Å². The van der Waals surface area contributed by atoms with Gasteiger partial charge in [0.05, 0.1) is 18.7 Å². The Morgan fingerprint density at radius 1 is 1.29 bits per heavy atom. The first-order valence-electron chi connectivity index (χ1n) is 8.49. The Kier molecular flexibility index (Phi) is 7.33. The number of halogens is 6. The summed E-state index contributed by atoms with van der Waals surface area (Å²) in [5.41, 5.74) is -0.862. The maximum Gasteiger partial charge on any atom is 0.417 e. The van der Waals surface area contributed by atoms with Crippen LogP contribution in [0.4, 0.5) is 26.3 Å². The van der Waals surface area contributed by atoms with Gasteiger partial charge in [-0.05, 0) is 12.5 Å². The first-order chi connectivity index (χ1) is 13.1. The molecule has 1 aromatic heterocycles. The highest BCUT2D eigenvalue weighted by atomic mass is 19.4. The molecule has 0 bridgehead atoms. The molecule has 0 saturated carbocycles. The number of hydrogen-bond acceptors (Lipinski definition) is 4. The topological polar surface area (TPSA) is 61.8 Å². The van der Waals surface area contributed by atoms with E-state index in [1.54, 1.807) is 0 Å². The van der Waals surface area contributed by atoms with Crippen molar-refractivity contribution in [3.63, 3.8) is 0 Å². The van der Waals surface area contributed by atoms with Crippen LogP contribution in [0.15, 0.2) is 23.3 Å². The number of ether oxygens (including phenoxy) is 1. The lowest BCUT2D eigenvalue weighted by Gasteiger charge is -2.19. The fourth-order valence-corrected chi connectivity index (χ4v) is 2.69. The molecule has 6 nitrogen and oxygen atoms in total. The molecule has 0 aliphatic carbocycles. The molecule has 1 saturated heterocycles. The van der Waals surface area contributed by atoms with Crippen LogP contribution in [0, 0.1) is 0 Å². The van der Waals surface area contributed by atoms with Crippen molar-refractivity contribution in [2.24, 2.45) is 4.99 Å². The Morgan fingerprint density at radius 3 is 2.61 bits per heavy atom. The van der Waals surface area contributed by atoms with E-state index in [-0.39, 0.29) is 31.6 Å². The molecule has 1 aromatic rings. The van der Waals surface area contributed by atoms with E-state index in [4.69, 9.17) is 4.74 Å². The number of nitrogens with one attached hydrogen (secondary N) is 2. The lowest BCUT2D eigenvalue weighted by Crippen LogP contribution is -2.46. The van der Waals surface area contributed by atoms with Gasteiger partial charge in [0.1, 0.15) is 6.61 Å². The summed E-state index contributed by atoms with van der Waals surface area (Å²) in [6.07, 6.45) is -7.43. The molecule has 1 fully saturated rings. The molecule has 2 rings (SSSR count). The second-order valence-corrected chi connectivity index (χ2v) is 6.21. The highest BCUT2D eigenvalue weighted by molar-refractivity contribution is 5.80. The summed E-state index contributed by atoms with van der Waals surface area (Å²) in [6, 6.07) is 1.85. The molecular formula is C16H21F6N5O. The first-order valence-corrected chi connectivity index (χ1v) is 8.49. The quantitative estimate of drug-likeness (QED) is 0.324. The van der Waals surface area contributed by atoms with Crippen molar-refractivity contribution in [2.45, 2.75) is 24.8 Å². The van der Waals surface area contributed by atoms with E-state index in [1.807, 2.05) is 0 Å². The zero-order chi connectivity index (χ0) is 20.8. The van der Waals surface area contributed by atoms with E-state index in [2.05, 4.69) is 20.6 Å². The number of nitrogens with zero attached hydrogens (tertiary/aromatic N) is 3. The molecule has 0 amide bonds. The smallest absolute Gasteiger partial charge is 0.417 e. The Labute approximate surface area is 158 Å². The normalized spacial score (nSPS) is 19.0. The third kappa shape index (κ3) is 7.41. The number of hydrogen-bond donors (Lipinski definition) is 2. The monoisotopic (exact) mass is 413 g/mol. The van der Waals surface area contributed by atoms with Gasteiger partial charge in [0.25, 0.3) is 0 Å². The predicted molar refractivity (Wildman–Crippen MR) is 90.1 cm³/mol. The van der Waals surface area contributed by atoms with Crippen molar-refractivity contribution < 1.29 is 31.1 Å². The summed E-state index contributed by atoms with van der Waals surface area (Å²) >= 11 is 0. The van der Waals surface area contributed by atoms with Crippen molar-refractivity contribution >= 4 is 5.96 Å². The molecule has 1 atom stereocenters. The molecule has 0 radical (unpaired) electrons. The van der Waals surface area contributed by atoms with E-state index in [0.717, 1.165) is 12.1 Å². The SMILES string of the molecule is CN=C(NCCOc1ccc(C(F)(F)F)cn1)NC1CCN(CC(F)(F)F)C1. The molecule has 2 N–H and O–H groups in total. The number of rotatable bonds is 6. The predicted octanol–water partition coefficient (Wildman–Crippen LogP) is 2.28. The Balaban J connectivity index is 1.69. The first kappa shape index (κ1) is 22.1. The second kappa shape index (κ2) is 9.30. The number of alkyl halides is 6. The molecule has 158 valence electrons. The van der Waals surface area contributed by atoms with Crippen molar-refractivity contribution in [1.29, 1.82) is 0 Å². The molecule has 2 heterocycles. The lowest BCUT2D eigenvalue weighted by atomic mass is 10.3. The van der Waals surface area contributed by atoms with Crippen molar-refractivity contribution in [2.75, 3.05) is 39.8 Å². The summed E-state index contributed by atoms with van der Waals surface area (Å²) in [5.74, 6) is 0.458. The maximum atomic E-state index is 12.5. The standard InChI is InChI=1S/C16H21F6N5O/c1-23-14(26-12-4-6-27(9-12)10-15(17,18)19)24-5-7-28-13-3-2-11(8-25-13)16(20,21)22/h2-3,8,12H,4-7,9-10H2,1H3,(H2,23,24,26). The van der Waals surface area contributed by atoms with Crippen LogP contribution in [0.5, 0.6) is 5.88 Å². The zero-order valence-corrected chi connectivity index (χ0v) is 15.1. The average molecular weight is 413 g/mol. The van der Waals surface area contributed by atoms with Gasteiger partial charge >= 0.3 is 12.4 Å². The van der Waals surface area contributed by atoms with Crippen LogP contribution in [-0.2, 0) is 6.18 Å². The minimum absolute atomic E-state index is 0.0522. The molecule has 0 aromatic carbocycles. The summed E-state index contributed by atoms with van der Waals surface area (Å²) in [5, 5.41) is 5.97. The summed E-state index contributed by atoms with van der Waals surface area (Å²) < 4.78 is 79.9. The summed E-state index contributed by atoms with van der Waals surface area (Å²) in [7, 11) is 1.52. The Bertz CT molecular complexity index is 646. The van der Waals surface area contributed by atoms with Gasteiger partial charge in [-0.3, -0.25) is 9.89 Å². The van der Waals surface area contributed by atoms with E-state index in [0.29, 0.717) is 25.1 Å².